The zero-order valence-corrected chi connectivity index (χ0v) is 16.0. The monoisotopic (exact) mass is 410 g/mol. The smallest absolute Gasteiger partial charge is 0.326 e. The van der Waals surface area contributed by atoms with Crippen molar-refractivity contribution in [3.8, 4) is 11.5 Å². The van der Waals surface area contributed by atoms with E-state index >= 15 is 0 Å². The molecule has 1 fully saturated rings. The number of nitrogens with zero attached hydrogens (tertiary/aromatic N) is 2. The third kappa shape index (κ3) is 4.80. The van der Waals surface area contributed by atoms with Gasteiger partial charge in [0.2, 0.25) is 5.75 Å². The first kappa shape index (κ1) is 21.2. The standard InChI is InChI=1S/C17H18N2O8S/c1-3-4-5-27-14(20)9-18-16(22)13(28-17(18)23)8-10-6-11(19(24)25)15(21)12(7-10)26-2/h6-8,21H,3-5,9H2,1-2H3/b13-8+. The molecule has 0 aliphatic carbocycles. The number of imide groups is 1. The van der Waals surface area contributed by atoms with Crippen LogP contribution in [0.4, 0.5) is 10.5 Å². The van der Waals surface area contributed by atoms with Gasteiger partial charge in [0.1, 0.15) is 6.54 Å². The number of amides is 2. The summed E-state index contributed by atoms with van der Waals surface area (Å²) in [6, 6.07) is 2.33. The number of carbonyl (C=O) groups is 3. The highest BCUT2D eigenvalue weighted by Gasteiger charge is 2.36. The molecule has 1 saturated heterocycles. The molecule has 11 heteroatoms. The molecule has 0 radical (unpaired) electrons. The van der Waals surface area contributed by atoms with Crippen LogP contribution >= 0.6 is 11.8 Å². The molecule has 1 aliphatic rings. The number of hydrogen-bond donors (Lipinski definition) is 1. The molecule has 2 amide bonds. The minimum Gasteiger partial charge on any atom is -0.500 e. The number of phenolic OH excluding ortho intramolecular Hbond substituents is 1. The van der Waals surface area contributed by atoms with Gasteiger partial charge in [-0.2, -0.15) is 0 Å². The van der Waals surface area contributed by atoms with E-state index in [-0.39, 0.29) is 22.8 Å². The molecule has 1 N–H and O–H groups in total. The van der Waals surface area contributed by atoms with E-state index in [1.54, 1.807) is 0 Å². The second kappa shape index (κ2) is 9.22. The van der Waals surface area contributed by atoms with E-state index in [9.17, 15) is 29.6 Å². The summed E-state index contributed by atoms with van der Waals surface area (Å²) in [5, 5.41) is 20.2. The lowest BCUT2D eigenvalue weighted by atomic mass is 10.1. The van der Waals surface area contributed by atoms with Crippen LogP contribution in [0.2, 0.25) is 0 Å². The Morgan fingerprint density at radius 2 is 2.11 bits per heavy atom. The van der Waals surface area contributed by atoms with Crippen molar-refractivity contribution in [1.82, 2.24) is 4.90 Å². The van der Waals surface area contributed by atoms with Gasteiger partial charge in [0.25, 0.3) is 11.1 Å². The van der Waals surface area contributed by atoms with Crippen LogP contribution < -0.4 is 4.74 Å². The SMILES string of the molecule is CCCCOC(=O)CN1C(=O)S/C(=C/c2cc(OC)c(O)c([N+](=O)[O-])c2)C1=O. The normalized spacial score (nSPS) is 15.2. The highest BCUT2D eigenvalue weighted by molar-refractivity contribution is 8.18. The van der Waals surface area contributed by atoms with Gasteiger partial charge in [-0.3, -0.25) is 29.4 Å². The van der Waals surface area contributed by atoms with Crippen molar-refractivity contribution in [3.05, 3.63) is 32.7 Å². The molecule has 0 saturated carbocycles. The third-order valence-corrected chi connectivity index (χ3v) is 4.62. The van der Waals surface area contributed by atoms with Crippen molar-refractivity contribution < 1.29 is 33.9 Å². The summed E-state index contributed by atoms with van der Waals surface area (Å²) in [5.74, 6) is -2.21. The molecule has 28 heavy (non-hydrogen) atoms. The Balaban J connectivity index is 2.22. The Labute approximate surface area is 164 Å². The fourth-order valence-corrected chi connectivity index (χ4v) is 3.12. The number of unbranched alkanes of at least 4 members (excludes halogenated alkanes) is 1. The second-order valence-corrected chi connectivity index (χ2v) is 6.68. The maximum absolute atomic E-state index is 12.4. The number of methoxy groups -OCH3 is 1. The number of nitro groups is 1. The van der Waals surface area contributed by atoms with Gasteiger partial charge in [-0.15, -0.1) is 0 Å². The first-order valence-electron chi connectivity index (χ1n) is 8.24. The summed E-state index contributed by atoms with van der Waals surface area (Å²) in [6.45, 7) is 1.63. The molecule has 150 valence electrons. The van der Waals surface area contributed by atoms with Crippen LogP contribution in [-0.2, 0) is 14.3 Å². The van der Waals surface area contributed by atoms with Crippen molar-refractivity contribution in [3.63, 3.8) is 0 Å². The molecular weight excluding hydrogens is 392 g/mol. The van der Waals surface area contributed by atoms with Crippen molar-refractivity contribution in [2.75, 3.05) is 20.3 Å². The quantitative estimate of drug-likeness (QED) is 0.225. The molecule has 0 bridgehead atoms. The largest absolute Gasteiger partial charge is 0.500 e. The number of rotatable bonds is 8. The van der Waals surface area contributed by atoms with E-state index in [1.807, 2.05) is 6.92 Å². The number of aromatic hydroxyl groups is 1. The predicted octanol–water partition coefficient (Wildman–Crippen LogP) is 2.69. The summed E-state index contributed by atoms with van der Waals surface area (Å²) in [6.07, 6.45) is 2.76. The molecule has 0 atom stereocenters. The lowest BCUT2D eigenvalue weighted by molar-refractivity contribution is -0.386. The number of hydrogen-bond acceptors (Lipinski definition) is 9. The summed E-state index contributed by atoms with van der Waals surface area (Å²) in [7, 11) is 1.22. The van der Waals surface area contributed by atoms with Crippen LogP contribution in [0.3, 0.4) is 0 Å². The topological polar surface area (TPSA) is 136 Å². The molecular formula is C17H18N2O8S. The fraction of sp³-hybridized carbons (Fsp3) is 0.353. The number of benzene rings is 1. The molecule has 0 aromatic heterocycles. The molecule has 2 rings (SSSR count). The van der Waals surface area contributed by atoms with Crippen LogP contribution in [0.1, 0.15) is 25.3 Å². The highest BCUT2D eigenvalue weighted by Crippen LogP contribution is 2.39. The number of ether oxygens (including phenoxy) is 2. The van der Waals surface area contributed by atoms with E-state index < -0.39 is 40.0 Å². The van der Waals surface area contributed by atoms with Crippen LogP contribution in [0.15, 0.2) is 17.0 Å². The van der Waals surface area contributed by atoms with Crippen LogP contribution in [-0.4, -0.2) is 52.3 Å². The molecule has 1 aromatic carbocycles. The van der Waals surface area contributed by atoms with Gasteiger partial charge in [-0.1, -0.05) is 13.3 Å². The summed E-state index contributed by atoms with van der Waals surface area (Å²) in [5.41, 5.74) is -0.429. The minimum atomic E-state index is -0.798. The number of esters is 1. The summed E-state index contributed by atoms with van der Waals surface area (Å²) < 4.78 is 9.84. The Morgan fingerprint density at radius 3 is 2.71 bits per heavy atom. The number of carbonyl (C=O) groups excluding carboxylic acids is 3. The third-order valence-electron chi connectivity index (χ3n) is 3.71. The fourth-order valence-electron chi connectivity index (χ4n) is 2.28. The zero-order valence-electron chi connectivity index (χ0n) is 15.2. The van der Waals surface area contributed by atoms with Gasteiger partial charge in [0.05, 0.1) is 23.5 Å². The van der Waals surface area contributed by atoms with Crippen LogP contribution in [0.25, 0.3) is 6.08 Å². The molecule has 1 aliphatic heterocycles. The van der Waals surface area contributed by atoms with Gasteiger partial charge in [-0.05, 0) is 35.9 Å². The predicted molar refractivity (Wildman–Crippen MR) is 99.9 cm³/mol. The molecule has 10 nitrogen and oxygen atoms in total. The summed E-state index contributed by atoms with van der Waals surface area (Å²) >= 11 is 0.596. The van der Waals surface area contributed by atoms with Gasteiger partial charge in [-0.25, -0.2) is 0 Å². The Hall–Kier alpha value is -3.08. The van der Waals surface area contributed by atoms with Gasteiger partial charge in [0.15, 0.2) is 5.75 Å². The Kier molecular flexibility index (Phi) is 6.99. The van der Waals surface area contributed by atoms with Crippen LogP contribution in [0.5, 0.6) is 11.5 Å². The van der Waals surface area contributed by atoms with Gasteiger partial charge >= 0.3 is 11.7 Å². The molecule has 0 unspecified atom stereocenters. The first-order valence-corrected chi connectivity index (χ1v) is 9.06. The minimum absolute atomic E-state index is 0.0200. The molecule has 1 aromatic rings. The molecule has 1 heterocycles. The van der Waals surface area contributed by atoms with Gasteiger partial charge < -0.3 is 14.6 Å². The van der Waals surface area contributed by atoms with Crippen molar-refractivity contribution in [2.45, 2.75) is 19.8 Å². The zero-order chi connectivity index (χ0) is 20.8. The second-order valence-electron chi connectivity index (χ2n) is 5.69. The molecule has 0 spiro atoms. The maximum atomic E-state index is 12.4. The van der Waals surface area contributed by atoms with E-state index in [0.717, 1.165) is 17.4 Å². The highest BCUT2D eigenvalue weighted by atomic mass is 32.2. The van der Waals surface area contributed by atoms with Crippen LogP contribution in [0, 0.1) is 10.1 Å². The first-order chi connectivity index (χ1) is 13.3. The lowest BCUT2D eigenvalue weighted by Gasteiger charge is -2.11. The van der Waals surface area contributed by atoms with Crippen molar-refractivity contribution >= 4 is 40.6 Å². The number of phenols is 1. The average molecular weight is 410 g/mol. The van der Waals surface area contributed by atoms with E-state index in [2.05, 4.69) is 0 Å². The maximum Gasteiger partial charge on any atom is 0.326 e. The average Bonchev–Trinajstić information content (AvgIpc) is 2.90. The lowest BCUT2D eigenvalue weighted by Crippen LogP contribution is -2.34. The van der Waals surface area contributed by atoms with Gasteiger partial charge in [0, 0.05) is 6.07 Å². The number of thioether (sulfide) groups is 1. The van der Waals surface area contributed by atoms with E-state index in [1.165, 1.54) is 19.3 Å². The Bertz CT molecular complexity index is 852. The Morgan fingerprint density at radius 1 is 1.39 bits per heavy atom. The summed E-state index contributed by atoms with van der Waals surface area (Å²) in [4.78, 5) is 47.2. The van der Waals surface area contributed by atoms with Crippen molar-refractivity contribution in [1.29, 1.82) is 0 Å². The van der Waals surface area contributed by atoms with Crippen molar-refractivity contribution in [2.24, 2.45) is 0 Å². The number of nitro benzene ring substituents is 1. The van der Waals surface area contributed by atoms with E-state index in [0.29, 0.717) is 18.2 Å². The van der Waals surface area contributed by atoms with E-state index in [4.69, 9.17) is 9.47 Å².